The molecular weight excluding hydrogens is 274 g/mol. The average Bonchev–Trinajstić information content (AvgIpc) is 2.44. The maximum absolute atomic E-state index is 12.2. The molecule has 21 heavy (non-hydrogen) atoms. The van der Waals surface area contributed by atoms with Gasteiger partial charge < -0.3 is 15.1 Å². The highest BCUT2D eigenvalue weighted by Gasteiger charge is 2.22. The van der Waals surface area contributed by atoms with Crippen LogP contribution in [0.1, 0.15) is 37.0 Å². The highest BCUT2D eigenvalue weighted by molar-refractivity contribution is 5.96. The van der Waals surface area contributed by atoms with E-state index in [0.29, 0.717) is 12.1 Å². The van der Waals surface area contributed by atoms with Crippen LogP contribution in [0.25, 0.3) is 0 Å². The first kappa shape index (κ1) is 16.7. The van der Waals surface area contributed by atoms with Crippen LogP contribution in [0.15, 0.2) is 24.3 Å². The monoisotopic (exact) mass is 293 g/mol. The average molecular weight is 293 g/mol. The highest BCUT2D eigenvalue weighted by Crippen LogP contribution is 2.19. The summed E-state index contributed by atoms with van der Waals surface area (Å²) >= 11 is 0. The second-order valence-electron chi connectivity index (χ2n) is 4.85. The van der Waals surface area contributed by atoms with E-state index in [1.54, 1.807) is 6.07 Å². The standard InChI is InChI=1S/C15H19NO5/c1-3-5-13(17)16(9-10(2)14(18)19)12-7-4-6-11(8-12)15(20)21/h4,6-8,10H,3,5,9H2,1-2H3,(H,18,19)(H,20,21). The number of aromatic carboxylic acids is 1. The number of nitrogens with zero attached hydrogens (tertiary/aromatic N) is 1. The summed E-state index contributed by atoms with van der Waals surface area (Å²) in [5.41, 5.74) is 0.464. The van der Waals surface area contributed by atoms with E-state index in [9.17, 15) is 14.4 Å². The first-order chi connectivity index (χ1) is 9.86. The van der Waals surface area contributed by atoms with Crippen LogP contribution in [-0.2, 0) is 9.59 Å². The minimum atomic E-state index is -1.09. The fourth-order valence-electron chi connectivity index (χ4n) is 1.86. The molecule has 114 valence electrons. The van der Waals surface area contributed by atoms with Gasteiger partial charge in [-0.2, -0.15) is 0 Å². The number of hydrogen-bond acceptors (Lipinski definition) is 3. The van der Waals surface area contributed by atoms with Gasteiger partial charge in [0.05, 0.1) is 11.5 Å². The maximum Gasteiger partial charge on any atom is 0.335 e. The number of carboxylic acid groups (broad SMARTS) is 2. The van der Waals surface area contributed by atoms with Gasteiger partial charge in [-0.1, -0.05) is 19.9 Å². The molecule has 1 aromatic carbocycles. The Labute approximate surface area is 123 Å². The van der Waals surface area contributed by atoms with Gasteiger partial charge in [0.15, 0.2) is 0 Å². The second-order valence-corrected chi connectivity index (χ2v) is 4.85. The van der Waals surface area contributed by atoms with Crippen LogP contribution in [0.3, 0.4) is 0 Å². The Bertz CT molecular complexity index is 541. The Morgan fingerprint density at radius 2 is 1.90 bits per heavy atom. The summed E-state index contributed by atoms with van der Waals surface area (Å²) in [6.07, 6.45) is 0.916. The minimum Gasteiger partial charge on any atom is -0.481 e. The number of hydrogen-bond donors (Lipinski definition) is 2. The van der Waals surface area contributed by atoms with Crippen molar-refractivity contribution in [1.29, 1.82) is 0 Å². The van der Waals surface area contributed by atoms with Crippen LogP contribution >= 0.6 is 0 Å². The molecular formula is C15H19NO5. The summed E-state index contributed by atoms with van der Waals surface area (Å²) in [6.45, 7) is 3.37. The number of benzene rings is 1. The molecule has 0 aliphatic rings. The highest BCUT2D eigenvalue weighted by atomic mass is 16.4. The van der Waals surface area contributed by atoms with Crippen LogP contribution in [0, 0.1) is 5.92 Å². The largest absolute Gasteiger partial charge is 0.481 e. The zero-order valence-corrected chi connectivity index (χ0v) is 12.1. The third kappa shape index (κ3) is 4.59. The van der Waals surface area contributed by atoms with E-state index in [1.807, 2.05) is 6.92 Å². The van der Waals surface area contributed by atoms with Crippen molar-refractivity contribution in [2.45, 2.75) is 26.7 Å². The number of carbonyl (C=O) groups is 3. The molecule has 0 spiro atoms. The van der Waals surface area contributed by atoms with Crippen molar-refractivity contribution < 1.29 is 24.6 Å². The molecule has 0 aromatic heterocycles. The van der Waals surface area contributed by atoms with Crippen LogP contribution in [0.5, 0.6) is 0 Å². The van der Waals surface area contributed by atoms with Crippen molar-refractivity contribution >= 4 is 23.5 Å². The summed E-state index contributed by atoms with van der Waals surface area (Å²) in [4.78, 5) is 35.5. The molecule has 0 saturated heterocycles. The van der Waals surface area contributed by atoms with Gasteiger partial charge in [-0.15, -0.1) is 0 Å². The fraction of sp³-hybridized carbons (Fsp3) is 0.400. The molecule has 1 unspecified atom stereocenters. The molecule has 0 bridgehead atoms. The van der Waals surface area contributed by atoms with E-state index in [1.165, 1.54) is 30.0 Å². The number of aliphatic carboxylic acids is 1. The molecule has 0 aliphatic heterocycles. The minimum absolute atomic E-state index is 0.0111. The third-order valence-corrected chi connectivity index (χ3v) is 3.05. The Kier molecular flexibility index (Phi) is 5.90. The van der Waals surface area contributed by atoms with Gasteiger partial charge in [0, 0.05) is 18.7 Å². The molecule has 0 fully saturated rings. The molecule has 1 amide bonds. The number of rotatable bonds is 7. The quantitative estimate of drug-likeness (QED) is 0.804. The van der Waals surface area contributed by atoms with Crippen molar-refractivity contribution in [3.05, 3.63) is 29.8 Å². The van der Waals surface area contributed by atoms with Gasteiger partial charge in [-0.3, -0.25) is 9.59 Å². The van der Waals surface area contributed by atoms with Crippen molar-refractivity contribution in [2.75, 3.05) is 11.4 Å². The lowest BCUT2D eigenvalue weighted by atomic mass is 10.1. The Hall–Kier alpha value is -2.37. The van der Waals surface area contributed by atoms with Crippen molar-refractivity contribution in [3.63, 3.8) is 0 Å². The van der Waals surface area contributed by atoms with Gasteiger partial charge in [-0.25, -0.2) is 4.79 Å². The van der Waals surface area contributed by atoms with E-state index in [4.69, 9.17) is 10.2 Å². The molecule has 1 aromatic rings. The lowest BCUT2D eigenvalue weighted by Gasteiger charge is -2.25. The van der Waals surface area contributed by atoms with Crippen LogP contribution in [0.2, 0.25) is 0 Å². The van der Waals surface area contributed by atoms with E-state index in [0.717, 1.165) is 0 Å². The summed E-state index contributed by atoms with van der Waals surface area (Å²) in [6, 6.07) is 5.95. The Morgan fingerprint density at radius 1 is 1.24 bits per heavy atom. The molecule has 6 heteroatoms. The molecule has 0 saturated carbocycles. The predicted molar refractivity (Wildman–Crippen MR) is 77.5 cm³/mol. The molecule has 0 aliphatic carbocycles. The fourth-order valence-corrected chi connectivity index (χ4v) is 1.86. The van der Waals surface area contributed by atoms with Crippen LogP contribution in [-0.4, -0.2) is 34.6 Å². The first-order valence-electron chi connectivity index (χ1n) is 6.73. The second kappa shape index (κ2) is 7.42. The lowest BCUT2D eigenvalue weighted by Crippen LogP contribution is -2.37. The van der Waals surface area contributed by atoms with Crippen molar-refractivity contribution in [2.24, 2.45) is 5.92 Å². The van der Waals surface area contributed by atoms with Gasteiger partial charge in [0.1, 0.15) is 0 Å². The van der Waals surface area contributed by atoms with Crippen molar-refractivity contribution in [3.8, 4) is 0 Å². The summed E-state index contributed by atoms with van der Waals surface area (Å²) in [5, 5.41) is 18.0. The lowest BCUT2D eigenvalue weighted by molar-refractivity contribution is -0.140. The summed E-state index contributed by atoms with van der Waals surface area (Å²) in [7, 11) is 0. The smallest absolute Gasteiger partial charge is 0.335 e. The molecule has 0 radical (unpaired) electrons. The number of amides is 1. The third-order valence-electron chi connectivity index (χ3n) is 3.05. The van der Waals surface area contributed by atoms with Gasteiger partial charge in [0.25, 0.3) is 0 Å². The van der Waals surface area contributed by atoms with E-state index >= 15 is 0 Å². The molecule has 0 heterocycles. The van der Waals surface area contributed by atoms with E-state index < -0.39 is 17.9 Å². The molecule has 1 rings (SSSR count). The normalized spacial score (nSPS) is 11.7. The SMILES string of the molecule is CCCC(=O)N(CC(C)C(=O)O)c1cccc(C(=O)O)c1. The van der Waals surface area contributed by atoms with Gasteiger partial charge in [-0.05, 0) is 24.6 Å². The number of carbonyl (C=O) groups excluding carboxylic acids is 1. The van der Waals surface area contributed by atoms with Gasteiger partial charge >= 0.3 is 11.9 Å². The van der Waals surface area contributed by atoms with E-state index in [-0.39, 0.29) is 24.4 Å². The topological polar surface area (TPSA) is 94.9 Å². The Morgan fingerprint density at radius 3 is 2.43 bits per heavy atom. The molecule has 6 nitrogen and oxygen atoms in total. The maximum atomic E-state index is 12.2. The zero-order chi connectivity index (χ0) is 16.0. The predicted octanol–water partition coefficient (Wildman–Crippen LogP) is 2.24. The number of carboxylic acids is 2. The Balaban J connectivity index is 3.10. The van der Waals surface area contributed by atoms with Gasteiger partial charge in [0.2, 0.25) is 5.91 Å². The zero-order valence-electron chi connectivity index (χ0n) is 12.1. The number of anilines is 1. The molecule has 2 N–H and O–H groups in total. The van der Waals surface area contributed by atoms with E-state index in [2.05, 4.69) is 0 Å². The van der Waals surface area contributed by atoms with Crippen LogP contribution < -0.4 is 4.90 Å². The molecule has 1 atom stereocenters. The first-order valence-corrected chi connectivity index (χ1v) is 6.73. The summed E-state index contributed by atoms with van der Waals surface area (Å²) in [5.74, 6) is -3.04. The van der Waals surface area contributed by atoms with Crippen molar-refractivity contribution in [1.82, 2.24) is 0 Å². The summed E-state index contributed by atoms with van der Waals surface area (Å²) < 4.78 is 0. The van der Waals surface area contributed by atoms with Crippen LogP contribution in [0.4, 0.5) is 5.69 Å².